The summed E-state index contributed by atoms with van der Waals surface area (Å²) in [4.78, 5) is 22.6. The van der Waals surface area contributed by atoms with Crippen molar-refractivity contribution in [2.75, 3.05) is 0 Å². The molecule has 2 rings (SSSR count). The first-order valence-corrected chi connectivity index (χ1v) is 11.2. The molecule has 1 aromatic rings. The molecule has 1 N–H and O–H groups in total. The van der Waals surface area contributed by atoms with Crippen molar-refractivity contribution >= 4 is 49.0 Å². The van der Waals surface area contributed by atoms with E-state index in [2.05, 4.69) is 37.2 Å². The fourth-order valence-corrected chi connectivity index (χ4v) is 2.01. The van der Waals surface area contributed by atoms with Crippen LogP contribution in [0.2, 0.25) is 0 Å². The van der Waals surface area contributed by atoms with Crippen LogP contribution in [0.4, 0.5) is 0 Å². The molecule has 0 amide bonds. The van der Waals surface area contributed by atoms with Crippen LogP contribution in [0.15, 0.2) is 10.7 Å². The summed E-state index contributed by atoms with van der Waals surface area (Å²) in [5.41, 5.74) is 0.116. The van der Waals surface area contributed by atoms with E-state index < -0.39 is 5.97 Å². The van der Waals surface area contributed by atoms with E-state index in [9.17, 15) is 9.59 Å². The summed E-state index contributed by atoms with van der Waals surface area (Å²) >= 11 is 4.24. The highest BCUT2D eigenvalue weighted by Crippen LogP contribution is 2.36. The normalized spacial score (nSPS) is 16.8. The maximum Gasteiger partial charge on any atom is 0.339 e. The van der Waals surface area contributed by atoms with Gasteiger partial charge in [-0.15, -0.1) is 0 Å². The molecule has 1 aromatic heterocycles. The highest BCUT2D eigenvalue weighted by Gasteiger charge is 2.36. The van der Waals surface area contributed by atoms with Gasteiger partial charge in [-0.3, -0.25) is 4.79 Å². The number of carbonyl (C=O) groups excluding carboxylic acids is 1. The Morgan fingerprint density at radius 3 is 2.53 bits per heavy atom. The maximum atomic E-state index is 11.8. The molecule has 0 fully saturated rings. The summed E-state index contributed by atoms with van der Waals surface area (Å²) in [5, 5.41) is 8.87. The lowest BCUT2D eigenvalue weighted by molar-refractivity contribution is 0.0689. The molecule has 0 atom stereocenters. The molecular formula is C11H12I2O4. The highest BCUT2D eigenvalue weighted by atomic mass is 128. The molecule has 1 aliphatic rings. The summed E-state index contributed by atoms with van der Waals surface area (Å²) in [5.74, 6) is -0.728. The maximum absolute atomic E-state index is 11.8. The molecule has 4 nitrogen and oxygen atoms in total. The van der Waals surface area contributed by atoms with Crippen molar-refractivity contribution in [2.45, 2.75) is 26.7 Å². The Bertz CT molecular complexity index is 448. The molecule has 0 saturated carbocycles. The standard InChI is InChI=1S/C11H12O4.I2/c1-11(2)3-7(12)9-6(10(13)14)5-15-8(9)4-11;1-2/h5H,3-4H2,1-2H3,(H,13,14);. The van der Waals surface area contributed by atoms with Gasteiger partial charge in [0, 0.05) is 50.1 Å². The molecule has 1 aliphatic carbocycles. The number of hydrogen-bond donors (Lipinski definition) is 1. The lowest BCUT2D eigenvalue weighted by Crippen LogP contribution is -2.27. The second kappa shape index (κ2) is 5.68. The van der Waals surface area contributed by atoms with E-state index in [-0.39, 0.29) is 22.3 Å². The van der Waals surface area contributed by atoms with E-state index in [0.29, 0.717) is 18.6 Å². The van der Waals surface area contributed by atoms with E-state index >= 15 is 0 Å². The van der Waals surface area contributed by atoms with Crippen LogP contribution in [0.1, 0.15) is 46.7 Å². The number of hydrogen-bond acceptors (Lipinski definition) is 3. The van der Waals surface area contributed by atoms with E-state index in [1.807, 2.05) is 13.8 Å². The smallest absolute Gasteiger partial charge is 0.339 e. The van der Waals surface area contributed by atoms with Crippen LogP contribution in [0.3, 0.4) is 0 Å². The molecule has 94 valence electrons. The van der Waals surface area contributed by atoms with Gasteiger partial charge in [0.25, 0.3) is 0 Å². The number of carboxylic acids is 1. The van der Waals surface area contributed by atoms with Gasteiger partial charge in [0.2, 0.25) is 0 Å². The second-order valence-electron chi connectivity index (χ2n) is 4.69. The zero-order chi connectivity index (χ0) is 13.2. The van der Waals surface area contributed by atoms with Crippen molar-refractivity contribution < 1.29 is 19.1 Å². The molecule has 0 unspecified atom stereocenters. The van der Waals surface area contributed by atoms with E-state index in [4.69, 9.17) is 9.52 Å². The van der Waals surface area contributed by atoms with Crippen LogP contribution < -0.4 is 0 Å². The number of furan rings is 1. The first kappa shape index (κ1) is 14.9. The van der Waals surface area contributed by atoms with Gasteiger partial charge in [0.1, 0.15) is 17.6 Å². The molecule has 0 spiro atoms. The van der Waals surface area contributed by atoms with Gasteiger partial charge < -0.3 is 9.52 Å². The van der Waals surface area contributed by atoms with E-state index in [1.165, 1.54) is 0 Å². The number of fused-ring (bicyclic) bond motifs is 1. The van der Waals surface area contributed by atoms with Crippen LogP contribution in [-0.4, -0.2) is 16.9 Å². The van der Waals surface area contributed by atoms with Crippen molar-refractivity contribution in [3.05, 3.63) is 23.2 Å². The summed E-state index contributed by atoms with van der Waals surface area (Å²) < 4.78 is 5.15. The number of Topliss-reactive ketones (excluding diaryl/α,β-unsaturated/α-hetero) is 1. The Kier molecular flexibility index (Phi) is 4.99. The third-order valence-corrected chi connectivity index (χ3v) is 2.65. The minimum atomic E-state index is -1.10. The molecule has 0 saturated heterocycles. The van der Waals surface area contributed by atoms with Gasteiger partial charge in [-0.2, -0.15) is 0 Å². The predicted molar refractivity (Wildman–Crippen MR) is 80.1 cm³/mol. The Labute approximate surface area is 122 Å². The summed E-state index contributed by atoms with van der Waals surface area (Å²) in [6.07, 6.45) is 2.15. The number of rotatable bonds is 1. The van der Waals surface area contributed by atoms with E-state index in [0.717, 1.165) is 6.26 Å². The van der Waals surface area contributed by atoms with Crippen molar-refractivity contribution in [2.24, 2.45) is 5.41 Å². The highest BCUT2D eigenvalue weighted by molar-refractivity contribution is 15.0. The second-order valence-corrected chi connectivity index (χ2v) is 4.69. The van der Waals surface area contributed by atoms with Gasteiger partial charge in [0.05, 0.1) is 5.56 Å². The summed E-state index contributed by atoms with van der Waals surface area (Å²) in [6.45, 7) is 3.94. The number of carbonyl (C=O) groups is 2. The predicted octanol–water partition coefficient (Wildman–Crippen LogP) is 3.90. The van der Waals surface area contributed by atoms with E-state index in [1.54, 1.807) is 0 Å². The Balaban J connectivity index is 0.000000686. The summed E-state index contributed by atoms with van der Waals surface area (Å²) in [7, 11) is 0. The average molecular weight is 462 g/mol. The van der Waals surface area contributed by atoms with Crippen LogP contribution in [0, 0.1) is 5.41 Å². The molecule has 6 heteroatoms. The van der Waals surface area contributed by atoms with Gasteiger partial charge in [0.15, 0.2) is 5.78 Å². The Morgan fingerprint density at radius 1 is 1.41 bits per heavy atom. The third kappa shape index (κ3) is 3.21. The van der Waals surface area contributed by atoms with Crippen LogP contribution in [-0.2, 0) is 6.42 Å². The van der Waals surface area contributed by atoms with Crippen LogP contribution in [0.5, 0.6) is 0 Å². The average Bonchev–Trinajstić information content (AvgIpc) is 2.62. The topological polar surface area (TPSA) is 67.5 Å². The molecule has 17 heavy (non-hydrogen) atoms. The molecule has 1 heterocycles. The molecule has 0 aromatic carbocycles. The monoisotopic (exact) mass is 462 g/mol. The molecule has 0 aliphatic heterocycles. The zero-order valence-electron chi connectivity index (χ0n) is 9.42. The minimum absolute atomic E-state index is 0.00880. The quantitative estimate of drug-likeness (QED) is 0.644. The summed E-state index contributed by atoms with van der Waals surface area (Å²) in [6, 6.07) is 0. The van der Waals surface area contributed by atoms with Crippen molar-refractivity contribution in [3.63, 3.8) is 0 Å². The van der Waals surface area contributed by atoms with Crippen LogP contribution in [0.25, 0.3) is 0 Å². The zero-order valence-corrected chi connectivity index (χ0v) is 13.7. The number of aromatic carboxylic acids is 1. The van der Waals surface area contributed by atoms with Crippen molar-refractivity contribution in [1.29, 1.82) is 0 Å². The van der Waals surface area contributed by atoms with Gasteiger partial charge in [-0.05, 0) is 5.41 Å². The van der Waals surface area contributed by atoms with Crippen molar-refractivity contribution in [3.8, 4) is 0 Å². The SMILES string of the molecule is CC1(C)CC(=O)c2c(C(=O)O)coc2C1.II. The number of ketones is 1. The fraction of sp³-hybridized carbons (Fsp3) is 0.455. The molecular weight excluding hydrogens is 450 g/mol. The Hall–Kier alpha value is -0.120. The van der Waals surface area contributed by atoms with Crippen LogP contribution >= 0.6 is 37.2 Å². The number of halogens is 2. The molecule has 0 radical (unpaired) electrons. The van der Waals surface area contributed by atoms with Gasteiger partial charge >= 0.3 is 5.97 Å². The lowest BCUT2D eigenvalue weighted by atomic mass is 9.76. The van der Waals surface area contributed by atoms with Gasteiger partial charge in [-0.25, -0.2) is 4.79 Å². The fourth-order valence-electron chi connectivity index (χ4n) is 2.01. The van der Waals surface area contributed by atoms with Gasteiger partial charge in [-0.1, -0.05) is 13.8 Å². The third-order valence-electron chi connectivity index (χ3n) is 2.65. The lowest BCUT2D eigenvalue weighted by Gasteiger charge is -2.27. The Morgan fingerprint density at radius 2 is 2.00 bits per heavy atom. The minimum Gasteiger partial charge on any atom is -0.478 e. The largest absolute Gasteiger partial charge is 0.478 e. The molecule has 0 bridgehead atoms. The first-order chi connectivity index (χ1) is 7.91. The first-order valence-electron chi connectivity index (χ1n) is 4.92. The number of carboxylic acid groups (broad SMARTS) is 1. The van der Waals surface area contributed by atoms with Crippen molar-refractivity contribution in [1.82, 2.24) is 0 Å².